The fraction of sp³-hybridized carbons (Fsp3) is 0.795. The third kappa shape index (κ3) is 28.2. The van der Waals surface area contributed by atoms with Crippen LogP contribution in [0.4, 0.5) is 0 Å². The molecule has 0 saturated carbocycles. The van der Waals surface area contributed by atoms with Gasteiger partial charge in [0.1, 0.15) is 22.8 Å². The molecule has 328 valence electrons. The summed E-state index contributed by atoms with van der Waals surface area (Å²) in [4.78, 5) is 99.7. The van der Waals surface area contributed by atoms with E-state index in [0.717, 1.165) is 39.3 Å². The Morgan fingerprint density at radius 2 is 0.947 bits per heavy atom. The predicted octanol–water partition coefficient (Wildman–Crippen LogP) is 0.839. The molecule has 3 fully saturated rings. The second-order valence-electron chi connectivity index (χ2n) is 16.1. The number of carbonyl (C=O) groups excluding carboxylic acids is 7. The Labute approximate surface area is 338 Å². The summed E-state index contributed by atoms with van der Waals surface area (Å²) in [5.74, 6) is -2.37. The molecule has 0 aromatic heterocycles. The zero-order valence-corrected chi connectivity index (χ0v) is 34.8. The number of hydrogen-bond acceptors (Lipinski definition) is 16. The molecule has 0 bridgehead atoms. The van der Waals surface area contributed by atoms with E-state index in [0.29, 0.717) is 52.4 Å². The number of carboxylic acids is 1. The Balaban J connectivity index is 0.000000946. The van der Waals surface area contributed by atoms with Crippen LogP contribution in [0.25, 0.3) is 0 Å². The zero-order valence-electron chi connectivity index (χ0n) is 34.8. The van der Waals surface area contributed by atoms with Gasteiger partial charge in [-0.1, -0.05) is 7.43 Å². The fourth-order valence-corrected chi connectivity index (χ4v) is 5.68. The van der Waals surface area contributed by atoms with Gasteiger partial charge >= 0.3 is 29.8 Å². The van der Waals surface area contributed by atoms with Crippen molar-refractivity contribution in [2.24, 2.45) is 0 Å². The number of Topliss-reactive ketones (excluding diaryl/α,β-unsaturated/α-hetero) is 2. The Morgan fingerprint density at radius 3 is 1.28 bits per heavy atom. The maximum atomic E-state index is 12.4. The van der Waals surface area contributed by atoms with Crippen LogP contribution in [0.2, 0.25) is 0 Å². The van der Waals surface area contributed by atoms with E-state index in [4.69, 9.17) is 14.6 Å². The largest absolute Gasteiger partial charge is 0.481 e. The molecule has 0 spiro atoms. The number of aliphatic carboxylic acids is 1. The highest BCUT2D eigenvalue weighted by molar-refractivity contribution is 5.92. The van der Waals surface area contributed by atoms with Crippen molar-refractivity contribution < 1.29 is 57.7 Å². The summed E-state index contributed by atoms with van der Waals surface area (Å²) in [6, 6.07) is 0. The summed E-state index contributed by atoms with van der Waals surface area (Å²) in [7, 11) is 0. The molecule has 0 aromatic carbocycles. The SMILES string of the molecule is C.CC(=O)CN1CCN(CC(=O)OC(C)(C)C)CCN(C(=O)CCC(=O)O)CC1.CC(=O)CN1CCNCCN(CC(=O)OC(C)(C)C)CC1.O=C1CCC(=O)O1. The number of carbonyl (C=O) groups is 8. The van der Waals surface area contributed by atoms with Crippen molar-refractivity contribution in [3.8, 4) is 0 Å². The van der Waals surface area contributed by atoms with Crippen LogP contribution in [0.5, 0.6) is 0 Å². The average molecular weight is 815 g/mol. The number of cyclic esters (lactones) is 2. The molecule has 3 aliphatic rings. The molecule has 57 heavy (non-hydrogen) atoms. The van der Waals surface area contributed by atoms with Crippen LogP contribution in [0.3, 0.4) is 0 Å². The number of ketones is 2. The van der Waals surface area contributed by atoms with Crippen molar-refractivity contribution in [2.45, 2.75) is 99.7 Å². The Kier molecular flexibility index (Phi) is 25.1. The van der Waals surface area contributed by atoms with Crippen molar-refractivity contribution in [2.75, 3.05) is 105 Å². The maximum absolute atomic E-state index is 12.4. The van der Waals surface area contributed by atoms with Gasteiger partial charge in [-0.15, -0.1) is 0 Å². The van der Waals surface area contributed by atoms with Crippen LogP contribution in [0.15, 0.2) is 0 Å². The molecule has 3 heterocycles. The molecule has 0 aromatic rings. The first-order chi connectivity index (χ1) is 26.0. The third-order valence-electron chi connectivity index (χ3n) is 8.15. The highest BCUT2D eigenvalue weighted by atomic mass is 16.6. The summed E-state index contributed by atoms with van der Waals surface area (Å²) in [5.41, 5.74) is -1.02. The lowest BCUT2D eigenvalue weighted by molar-refractivity contribution is -0.157. The lowest BCUT2D eigenvalue weighted by atomic mass is 10.2. The van der Waals surface area contributed by atoms with E-state index in [1.807, 2.05) is 30.6 Å². The Morgan fingerprint density at radius 1 is 0.596 bits per heavy atom. The number of carboxylic acid groups (broad SMARTS) is 1. The van der Waals surface area contributed by atoms with E-state index < -0.39 is 29.1 Å². The standard InChI is InChI=1S/C19H33N3O6.C15H29N3O3.C4H4O3.CH4/c1-15(23)13-20-7-8-21(14-18(27)28-19(2,3)4)10-12-22(11-9-20)16(24)5-6-17(25)26;1-13(19)11-17-7-5-16-6-8-18(10-9-17)12-14(20)21-15(2,3)4;5-3-1-2-4(6)7-3;/h5-14H2,1-4H3,(H,25,26);16H,5-12H2,1-4H3;1-2H2;1H4. The summed E-state index contributed by atoms with van der Waals surface area (Å²) < 4.78 is 14.8. The van der Waals surface area contributed by atoms with E-state index in [1.165, 1.54) is 6.92 Å². The first kappa shape index (κ1) is 53.2. The summed E-state index contributed by atoms with van der Waals surface area (Å²) in [5, 5.41) is 12.1. The number of rotatable bonds is 11. The van der Waals surface area contributed by atoms with Gasteiger partial charge in [0.2, 0.25) is 5.91 Å². The van der Waals surface area contributed by atoms with Crippen molar-refractivity contribution in [3.05, 3.63) is 0 Å². The van der Waals surface area contributed by atoms with Crippen molar-refractivity contribution >= 4 is 47.3 Å². The van der Waals surface area contributed by atoms with Gasteiger partial charge in [0.05, 0.1) is 45.4 Å². The summed E-state index contributed by atoms with van der Waals surface area (Å²) in [6.07, 6.45) is 0.250. The van der Waals surface area contributed by atoms with Crippen LogP contribution < -0.4 is 5.32 Å². The molecule has 0 radical (unpaired) electrons. The molecule has 18 nitrogen and oxygen atoms in total. The number of nitrogens with zero attached hydrogens (tertiary/aromatic N) is 5. The molecule has 0 unspecified atom stereocenters. The molecule has 3 aliphatic heterocycles. The van der Waals surface area contributed by atoms with Crippen LogP contribution in [0, 0.1) is 0 Å². The number of nitrogens with one attached hydrogen (secondary N) is 1. The Bertz CT molecular complexity index is 1320. The minimum absolute atomic E-state index is 0. The van der Waals surface area contributed by atoms with Gasteiger partial charge in [-0.25, -0.2) is 0 Å². The second-order valence-corrected chi connectivity index (χ2v) is 16.1. The smallest absolute Gasteiger partial charge is 0.320 e. The van der Waals surface area contributed by atoms with Crippen molar-refractivity contribution in [3.63, 3.8) is 0 Å². The fourth-order valence-electron chi connectivity index (χ4n) is 5.68. The number of hydrogen-bond donors (Lipinski definition) is 2. The first-order valence-corrected chi connectivity index (χ1v) is 19.3. The highest BCUT2D eigenvalue weighted by Gasteiger charge is 2.25. The minimum atomic E-state index is -1.01. The zero-order chi connectivity index (χ0) is 42.5. The van der Waals surface area contributed by atoms with Gasteiger partial charge in [0, 0.05) is 85.0 Å². The van der Waals surface area contributed by atoms with Crippen LogP contribution in [-0.4, -0.2) is 193 Å². The van der Waals surface area contributed by atoms with Gasteiger partial charge in [0.25, 0.3) is 0 Å². The van der Waals surface area contributed by atoms with Gasteiger partial charge in [0.15, 0.2) is 0 Å². The number of ether oxygens (including phenoxy) is 3. The lowest BCUT2D eigenvalue weighted by Crippen LogP contribution is -2.42. The number of amides is 1. The summed E-state index contributed by atoms with van der Waals surface area (Å²) >= 11 is 0. The minimum Gasteiger partial charge on any atom is -0.481 e. The van der Waals surface area contributed by atoms with Gasteiger partial charge in [-0.05, 0) is 55.4 Å². The van der Waals surface area contributed by atoms with Crippen molar-refractivity contribution in [1.29, 1.82) is 0 Å². The van der Waals surface area contributed by atoms with E-state index in [2.05, 4.69) is 19.9 Å². The molecule has 1 amide bonds. The highest BCUT2D eigenvalue weighted by Crippen LogP contribution is 2.10. The molecule has 2 N–H and O–H groups in total. The third-order valence-corrected chi connectivity index (χ3v) is 8.15. The quantitative estimate of drug-likeness (QED) is 0.168. The normalized spacial score (nSPS) is 18.1. The van der Waals surface area contributed by atoms with Crippen LogP contribution >= 0.6 is 0 Å². The van der Waals surface area contributed by atoms with E-state index >= 15 is 0 Å². The van der Waals surface area contributed by atoms with E-state index in [-0.39, 0.29) is 75.6 Å². The topological polar surface area (TPSA) is 213 Å². The first-order valence-electron chi connectivity index (χ1n) is 19.3. The lowest BCUT2D eigenvalue weighted by Gasteiger charge is -2.27. The maximum Gasteiger partial charge on any atom is 0.320 e. The predicted molar refractivity (Wildman–Crippen MR) is 212 cm³/mol. The monoisotopic (exact) mass is 815 g/mol. The van der Waals surface area contributed by atoms with Gasteiger partial charge in [-0.3, -0.25) is 58.0 Å². The second kappa shape index (κ2) is 27.0. The van der Waals surface area contributed by atoms with E-state index in [1.54, 1.807) is 32.6 Å². The molecular weight excluding hydrogens is 744 g/mol. The molecular formula is C39H70N6O12. The molecule has 3 rings (SSSR count). The van der Waals surface area contributed by atoms with Crippen LogP contribution in [0.1, 0.15) is 88.5 Å². The van der Waals surface area contributed by atoms with Gasteiger partial charge < -0.3 is 29.5 Å². The average Bonchev–Trinajstić information content (AvgIpc) is 3.50. The van der Waals surface area contributed by atoms with Crippen molar-refractivity contribution in [1.82, 2.24) is 29.8 Å². The Hall–Kier alpha value is -3.84. The molecule has 0 atom stereocenters. The van der Waals surface area contributed by atoms with E-state index in [9.17, 15) is 38.4 Å². The molecule has 3 saturated heterocycles. The molecule has 0 aliphatic carbocycles. The van der Waals surface area contributed by atoms with Crippen LogP contribution in [-0.2, 0) is 52.6 Å². The number of esters is 4. The van der Waals surface area contributed by atoms with Gasteiger partial charge in [-0.2, -0.15) is 0 Å². The summed E-state index contributed by atoms with van der Waals surface area (Å²) in [6.45, 7) is 23.3. The molecule has 18 heteroatoms.